The lowest BCUT2D eigenvalue weighted by atomic mass is 10.1. The van der Waals surface area contributed by atoms with Crippen molar-refractivity contribution in [3.05, 3.63) is 59.7 Å². The number of nitrogens with one attached hydrogen (secondary N) is 1. The number of anilines is 1. The lowest BCUT2D eigenvalue weighted by molar-refractivity contribution is -0.136. The number of carbonyl (C=O) groups excluding carboxylic acids is 1. The highest BCUT2D eigenvalue weighted by Crippen LogP contribution is 2.27. The highest BCUT2D eigenvalue weighted by atomic mass is 16.5. The fourth-order valence-corrected chi connectivity index (χ4v) is 2.19. The zero-order valence-corrected chi connectivity index (χ0v) is 14.0. The second-order valence-electron chi connectivity index (χ2n) is 5.20. The molecule has 0 heterocycles. The van der Waals surface area contributed by atoms with Crippen molar-refractivity contribution in [3.8, 4) is 11.5 Å². The van der Waals surface area contributed by atoms with Crippen LogP contribution in [0, 0.1) is 0 Å². The number of carbonyl (C=O) groups is 2. The van der Waals surface area contributed by atoms with Gasteiger partial charge in [-0.05, 0) is 41.5 Å². The van der Waals surface area contributed by atoms with E-state index in [4.69, 9.17) is 14.6 Å². The third-order valence-electron chi connectivity index (χ3n) is 3.41. The molecule has 0 atom stereocenters. The summed E-state index contributed by atoms with van der Waals surface area (Å²) in [5.41, 5.74) is 2.06. The minimum absolute atomic E-state index is 0.0482. The minimum atomic E-state index is -0.894. The van der Waals surface area contributed by atoms with Gasteiger partial charge in [0.05, 0.1) is 20.6 Å². The van der Waals surface area contributed by atoms with Gasteiger partial charge in [-0.1, -0.05) is 18.2 Å². The third kappa shape index (κ3) is 5.39. The van der Waals surface area contributed by atoms with Gasteiger partial charge < -0.3 is 19.9 Å². The highest BCUT2D eigenvalue weighted by Gasteiger charge is 2.04. The van der Waals surface area contributed by atoms with Gasteiger partial charge >= 0.3 is 5.97 Å². The van der Waals surface area contributed by atoms with Crippen LogP contribution in [0.4, 0.5) is 5.69 Å². The Morgan fingerprint density at radius 2 is 1.72 bits per heavy atom. The summed E-state index contributed by atoms with van der Waals surface area (Å²) in [5.74, 6) is 0.0139. The van der Waals surface area contributed by atoms with Gasteiger partial charge in [-0.3, -0.25) is 9.59 Å². The van der Waals surface area contributed by atoms with Crippen molar-refractivity contribution in [2.75, 3.05) is 19.5 Å². The van der Waals surface area contributed by atoms with Crippen LogP contribution >= 0.6 is 0 Å². The van der Waals surface area contributed by atoms with Crippen LogP contribution in [-0.4, -0.2) is 31.2 Å². The number of methoxy groups -OCH3 is 2. The zero-order valence-electron chi connectivity index (χ0n) is 14.0. The molecule has 25 heavy (non-hydrogen) atoms. The van der Waals surface area contributed by atoms with Crippen LogP contribution in [0.5, 0.6) is 11.5 Å². The van der Waals surface area contributed by atoms with E-state index >= 15 is 0 Å². The van der Waals surface area contributed by atoms with Gasteiger partial charge in [0.1, 0.15) is 0 Å². The molecule has 6 nitrogen and oxygen atoms in total. The van der Waals surface area contributed by atoms with E-state index in [-0.39, 0.29) is 12.3 Å². The zero-order chi connectivity index (χ0) is 18.2. The highest BCUT2D eigenvalue weighted by molar-refractivity contribution is 6.02. The predicted molar refractivity (Wildman–Crippen MR) is 95.0 cm³/mol. The third-order valence-corrected chi connectivity index (χ3v) is 3.41. The van der Waals surface area contributed by atoms with Gasteiger partial charge in [-0.15, -0.1) is 0 Å². The Balaban J connectivity index is 1.99. The van der Waals surface area contributed by atoms with Crippen LogP contribution < -0.4 is 14.8 Å². The van der Waals surface area contributed by atoms with Crippen LogP contribution in [-0.2, 0) is 16.0 Å². The van der Waals surface area contributed by atoms with Gasteiger partial charge in [0, 0.05) is 11.8 Å². The van der Waals surface area contributed by atoms with Crippen molar-refractivity contribution in [1.29, 1.82) is 0 Å². The maximum absolute atomic E-state index is 12.0. The number of benzene rings is 2. The van der Waals surface area contributed by atoms with Crippen LogP contribution in [0.1, 0.15) is 11.1 Å². The summed E-state index contributed by atoms with van der Waals surface area (Å²) in [6, 6.07) is 12.0. The molecule has 0 aliphatic heterocycles. The first-order valence-electron chi connectivity index (χ1n) is 7.53. The number of amides is 1. The fraction of sp³-hybridized carbons (Fsp3) is 0.158. The molecule has 0 aromatic heterocycles. The van der Waals surface area contributed by atoms with Crippen LogP contribution in [0.15, 0.2) is 48.5 Å². The number of carboxylic acid groups (broad SMARTS) is 1. The first-order valence-corrected chi connectivity index (χ1v) is 7.53. The SMILES string of the molecule is COc1ccc(/C=C/C(=O)Nc2ccc(CC(=O)O)cc2)cc1OC. The first kappa shape index (κ1) is 18.1. The molecule has 0 saturated carbocycles. The van der Waals surface area contributed by atoms with Crippen molar-refractivity contribution in [1.82, 2.24) is 0 Å². The second-order valence-corrected chi connectivity index (χ2v) is 5.20. The normalized spacial score (nSPS) is 10.5. The molecule has 2 rings (SSSR count). The van der Waals surface area contributed by atoms with E-state index < -0.39 is 5.97 Å². The van der Waals surface area contributed by atoms with Crippen molar-refractivity contribution in [3.63, 3.8) is 0 Å². The molecule has 0 unspecified atom stereocenters. The van der Waals surface area contributed by atoms with Gasteiger partial charge in [0.2, 0.25) is 5.91 Å². The molecular formula is C19H19NO5. The van der Waals surface area contributed by atoms with E-state index in [0.717, 1.165) is 5.56 Å². The first-order chi connectivity index (χ1) is 12.0. The maximum Gasteiger partial charge on any atom is 0.307 e. The molecule has 0 spiro atoms. The Labute approximate surface area is 145 Å². The van der Waals surface area contributed by atoms with Crippen molar-refractivity contribution >= 4 is 23.6 Å². The average molecular weight is 341 g/mol. The monoisotopic (exact) mass is 341 g/mol. The van der Waals surface area contributed by atoms with Crippen molar-refractivity contribution in [2.24, 2.45) is 0 Å². The minimum Gasteiger partial charge on any atom is -0.493 e. The Morgan fingerprint density at radius 3 is 2.32 bits per heavy atom. The molecule has 0 saturated heterocycles. The van der Waals surface area contributed by atoms with Crippen molar-refractivity contribution < 1.29 is 24.2 Å². The number of ether oxygens (including phenoxy) is 2. The smallest absolute Gasteiger partial charge is 0.307 e. The standard InChI is InChI=1S/C19H19NO5/c1-24-16-9-5-13(11-17(16)25-2)6-10-18(21)20-15-7-3-14(4-8-15)12-19(22)23/h3-11H,12H2,1-2H3,(H,20,21)(H,22,23)/b10-6+. The molecule has 2 N–H and O–H groups in total. The Morgan fingerprint density at radius 1 is 1.04 bits per heavy atom. The molecule has 130 valence electrons. The summed E-state index contributed by atoms with van der Waals surface area (Å²) in [6.45, 7) is 0. The van der Waals surface area contributed by atoms with Gasteiger partial charge in [0.25, 0.3) is 0 Å². The predicted octanol–water partition coefficient (Wildman–Crippen LogP) is 2.98. The molecule has 1 amide bonds. The summed E-state index contributed by atoms with van der Waals surface area (Å²) >= 11 is 0. The Hall–Kier alpha value is -3.28. The molecule has 0 radical (unpaired) electrons. The quantitative estimate of drug-likeness (QED) is 0.756. The number of rotatable bonds is 7. The molecule has 0 fully saturated rings. The van der Waals surface area contributed by atoms with Crippen LogP contribution in [0.2, 0.25) is 0 Å². The molecule has 2 aromatic carbocycles. The largest absolute Gasteiger partial charge is 0.493 e. The number of aliphatic carboxylic acids is 1. The lowest BCUT2D eigenvalue weighted by Gasteiger charge is -2.07. The fourth-order valence-electron chi connectivity index (χ4n) is 2.19. The summed E-state index contributed by atoms with van der Waals surface area (Å²) in [7, 11) is 3.11. The molecule has 0 aliphatic rings. The van der Waals surface area contributed by atoms with E-state index in [9.17, 15) is 9.59 Å². The van der Waals surface area contributed by atoms with Gasteiger partial charge in [0.15, 0.2) is 11.5 Å². The number of hydrogen-bond donors (Lipinski definition) is 2. The maximum atomic E-state index is 12.0. The average Bonchev–Trinajstić information content (AvgIpc) is 2.61. The number of carboxylic acids is 1. The summed E-state index contributed by atoms with van der Waals surface area (Å²) in [4.78, 5) is 22.6. The van der Waals surface area contributed by atoms with Crippen LogP contribution in [0.3, 0.4) is 0 Å². The van der Waals surface area contributed by atoms with E-state index in [1.807, 2.05) is 6.07 Å². The van der Waals surface area contributed by atoms with Gasteiger partial charge in [-0.2, -0.15) is 0 Å². The van der Waals surface area contributed by atoms with Crippen LogP contribution in [0.25, 0.3) is 6.08 Å². The summed E-state index contributed by atoms with van der Waals surface area (Å²) in [5, 5.41) is 11.4. The van der Waals surface area contributed by atoms with E-state index in [1.165, 1.54) is 6.08 Å². The van der Waals surface area contributed by atoms with E-state index in [1.54, 1.807) is 56.7 Å². The lowest BCUT2D eigenvalue weighted by Crippen LogP contribution is -2.08. The molecule has 0 aliphatic carbocycles. The number of hydrogen-bond acceptors (Lipinski definition) is 4. The van der Waals surface area contributed by atoms with Crippen molar-refractivity contribution in [2.45, 2.75) is 6.42 Å². The molecule has 2 aromatic rings. The Bertz CT molecular complexity index is 781. The molecule has 6 heteroatoms. The topological polar surface area (TPSA) is 84.9 Å². The van der Waals surface area contributed by atoms with E-state index in [0.29, 0.717) is 22.7 Å². The molecular weight excluding hydrogens is 322 g/mol. The molecule has 0 bridgehead atoms. The second kappa shape index (κ2) is 8.54. The Kier molecular flexibility index (Phi) is 6.17. The summed E-state index contributed by atoms with van der Waals surface area (Å²) in [6.07, 6.45) is 3.02. The van der Waals surface area contributed by atoms with E-state index in [2.05, 4.69) is 5.32 Å². The van der Waals surface area contributed by atoms with Gasteiger partial charge in [-0.25, -0.2) is 0 Å². The summed E-state index contributed by atoms with van der Waals surface area (Å²) < 4.78 is 10.4.